The van der Waals surface area contributed by atoms with Crippen molar-refractivity contribution in [1.82, 2.24) is 14.8 Å². The summed E-state index contributed by atoms with van der Waals surface area (Å²) < 4.78 is 7.58. The zero-order chi connectivity index (χ0) is 21.8. The number of hydrogen-bond acceptors (Lipinski definition) is 5. The maximum atomic E-state index is 12.4. The molecule has 3 aromatic rings. The van der Waals surface area contributed by atoms with Gasteiger partial charge in [-0.15, -0.1) is 10.2 Å². The summed E-state index contributed by atoms with van der Waals surface area (Å²) in [6.07, 6.45) is 1.10. The van der Waals surface area contributed by atoms with Crippen LogP contribution in [0.5, 0.6) is 5.75 Å². The zero-order valence-electron chi connectivity index (χ0n) is 18.2. The largest absolute Gasteiger partial charge is 0.494 e. The predicted octanol–water partition coefficient (Wildman–Crippen LogP) is 5.01. The van der Waals surface area contributed by atoms with E-state index in [2.05, 4.69) is 58.2 Å². The van der Waals surface area contributed by atoms with Gasteiger partial charge < -0.3 is 14.6 Å². The third-order valence-corrected chi connectivity index (χ3v) is 6.44. The Hall–Kier alpha value is -2.80. The van der Waals surface area contributed by atoms with E-state index in [1.165, 1.54) is 22.9 Å². The third kappa shape index (κ3) is 5.10. The molecule has 4 rings (SSSR count). The summed E-state index contributed by atoms with van der Waals surface area (Å²) in [5.74, 6) is 2.96. The first-order chi connectivity index (χ1) is 15.1. The molecule has 162 valence electrons. The van der Waals surface area contributed by atoms with Crippen LogP contribution < -0.4 is 10.1 Å². The van der Waals surface area contributed by atoms with Gasteiger partial charge in [0.2, 0.25) is 5.91 Å². The minimum Gasteiger partial charge on any atom is -0.494 e. The second-order valence-electron chi connectivity index (χ2n) is 7.74. The fourth-order valence-electron chi connectivity index (χ4n) is 3.77. The molecule has 1 heterocycles. The molecule has 1 saturated carbocycles. The van der Waals surface area contributed by atoms with Crippen LogP contribution >= 0.6 is 11.8 Å². The summed E-state index contributed by atoms with van der Waals surface area (Å²) in [6, 6.07) is 16.2. The molecule has 2 atom stereocenters. The third-order valence-electron chi connectivity index (χ3n) is 5.47. The Morgan fingerprint density at radius 3 is 2.52 bits per heavy atom. The highest BCUT2D eigenvalue weighted by Crippen LogP contribution is 2.54. The van der Waals surface area contributed by atoms with Gasteiger partial charge in [-0.2, -0.15) is 0 Å². The second kappa shape index (κ2) is 9.56. The number of aryl methyl sites for hydroxylation is 1. The van der Waals surface area contributed by atoms with Crippen molar-refractivity contribution in [3.63, 3.8) is 0 Å². The van der Waals surface area contributed by atoms with E-state index in [1.807, 2.05) is 31.2 Å². The van der Waals surface area contributed by atoms with Gasteiger partial charge in [-0.25, -0.2) is 0 Å². The van der Waals surface area contributed by atoms with Crippen molar-refractivity contribution in [3.05, 3.63) is 65.5 Å². The van der Waals surface area contributed by atoms with Crippen LogP contribution in [0.15, 0.2) is 53.7 Å². The number of benzene rings is 2. The quantitative estimate of drug-likeness (QED) is 0.478. The van der Waals surface area contributed by atoms with Crippen LogP contribution in [0.4, 0.5) is 5.69 Å². The van der Waals surface area contributed by atoms with Gasteiger partial charge in [0.15, 0.2) is 5.16 Å². The lowest BCUT2D eigenvalue weighted by atomic mass is 10.1. The smallest absolute Gasteiger partial charge is 0.234 e. The average Bonchev–Trinajstić information content (AvgIpc) is 3.46. The first-order valence-electron chi connectivity index (χ1n) is 10.7. The minimum absolute atomic E-state index is 0.0645. The molecular formula is C24H28N4O2S. The van der Waals surface area contributed by atoms with Crippen LogP contribution in [0, 0.1) is 6.92 Å². The lowest BCUT2D eigenvalue weighted by molar-refractivity contribution is -0.113. The van der Waals surface area contributed by atoms with Gasteiger partial charge in [-0.05, 0) is 62.9 Å². The minimum atomic E-state index is -0.0645. The Morgan fingerprint density at radius 2 is 1.84 bits per heavy atom. The van der Waals surface area contributed by atoms with Gasteiger partial charge in [0.05, 0.1) is 12.4 Å². The predicted molar refractivity (Wildman–Crippen MR) is 124 cm³/mol. The molecule has 2 aromatic carbocycles. The Labute approximate surface area is 187 Å². The molecule has 0 aliphatic heterocycles. The highest BCUT2D eigenvalue weighted by Gasteiger charge is 2.43. The molecule has 1 N–H and O–H groups in total. The van der Waals surface area contributed by atoms with Gasteiger partial charge in [0.1, 0.15) is 11.6 Å². The molecular weight excluding hydrogens is 408 g/mol. The first kappa shape index (κ1) is 21.4. The van der Waals surface area contributed by atoms with Crippen molar-refractivity contribution in [1.29, 1.82) is 0 Å². The molecule has 6 nitrogen and oxygen atoms in total. The summed E-state index contributed by atoms with van der Waals surface area (Å²) in [5.41, 5.74) is 3.40. The molecule has 7 heteroatoms. The monoisotopic (exact) mass is 436 g/mol. The maximum Gasteiger partial charge on any atom is 0.234 e. The lowest BCUT2D eigenvalue weighted by Crippen LogP contribution is -2.14. The summed E-state index contributed by atoms with van der Waals surface area (Å²) in [5, 5.41) is 12.6. The lowest BCUT2D eigenvalue weighted by Gasteiger charge is -2.08. The van der Waals surface area contributed by atoms with Crippen LogP contribution in [0.3, 0.4) is 0 Å². The van der Waals surface area contributed by atoms with Crippen molar-refractivity contribution in [2.45, 2.75) is 50.7 Å². The van der Waals surface area contributed by atoms with Crippen LogP contribution in [-0.2, 0) is 11.3 Å². The normalized spacial score (nSPS) is 17.4. The van der Waals surface area contributed by atoms with Gasteiger partial charge in [-0.3, -0.25) is 4.79 Å². The number of thioether (sulfide) groups is 1. The van der Waals surface area contributed by atoms with E-state index in [4.69, 9.17) is 4.74 Å². The van der Waals surface area contributed by atoms with E-state index in [0.29, 0.717) is 18.4 Å². The standard InChI is InChI=1S/C24H28N4O2S/c1-4-28-23(21-14-20(21)17-8-6-16(3)7-9-17)26-27-24(28)31-15-22(29)25-18-10-12-19(13-11-18)30-5-2/h6-13,20-21H,4-5,14-15H2,1-3H3,(H,25,29)/t20-,21+/m0/s1. The SMILES string of the molecule is CCOc1ccc(NC(=O)CSc2nnc([C@@H]3C[C@H]3c3ccc(C)cc3)n2CC)cc1. The van der Waals surface area contributed by atoms with Crippen molar-refractivity contribution >= 4 is 23.4 Å². The van der Waals surface area contributed by atoms with Gasteiger partial charge in [-0.1, -0.05) is 41.6 Å². The fourth-order valence-corrected chi connectivity index (χ4v) is 4.58. The molecule has 1 aliphatic carbocycles. The molecule has 0 radical (unpaired) electrons. The molecule has 0 bridgehead atoms. The van der Waals surface area contributed by atoms with Crippen LogP contribution in [-0.4, -0.2) is 33.0 Å². The summed E-state index contributed by atoms with van der Waals surface area (Å²) in [7, 11) is 0. The Morgan fingerprint density at radius 1 is 1.10 bits per heavy atom. The number of carbonyl (C=O) groups excluding carboxylic acids is 1. The van der Waals surface area contributed by atoms with Crippen molar-refractivity contribution in [2.75, 3.05) is 17.7 Å². The van der Waals surface area contributed by atoms with Gasteiger partial charge in [0, 0.05) is 18.2 Å². The number of anilines is 1. The molecule has 1 aromatic heterocycles. The molecule has 31 heavy (non-hydrogen) atoms. The van der Waals surface area contributed by atoms with E-state index >= 15 is 0 Å². The zero-order valence-corrected chi connectivity index (χ0v) is 19.0. The van der Waals surface area contributed by atoms with Crippen molar-refractivity contribution in [3.8, 4) is 5.75 Å². The highest BCUT2D eigenvalue weighted by molar-refractivity contribution is 7.99. The summed E-state index contributed by atoms with van der Waals surface area (Å²) in [6.45, 7) is 7.56. The van der Waals surface area contributed by atoms with Crippen molar-refractivity contribution in [2.24, 2.45) is 0 Å². The van der Waals surface area contributed by atoms with Crippen molar-refractivity contribution < 1.29 is 9.53 Å². The Bertz CT molecular complexity index is 1030. The molecule has 0 unspecified atom stereocenters. The number of amides is 1. The fraction of sp³-hybridized carbons (Fsp3) is 0.375. The average molecular weight is 437 g/mol. The van der Waals surface area contributed by atoms with Crippen LogP contribution in [0.2, 0.25) is 0 Å². The number of ether oxygens (including phenoxy) is 1. The second-order valence-corrected chi connectivity index (χ2v) is 8.68. The number of hydrogen-bond donors (Lipinski definition) is 1. The number of rotatable bonds is 9. The number of aromatic nitrogens is 3. The highest BCUT2D eigenvalue weighted by atomic mass is 32.2. The van der Waals surface area contributed by atoms with E-state index < -0.39 is 0 Å². The number of nitrogens with zero attached hydrogens (tertiary/aromatic N) is 3. The van der Waals surface area contributed by atoms with E-state index in [1.54, 1.807) is 0 Å². The molecule has 1 aliphatic rings. The number of nitrogens with one attached hydrogen (secondary N) is 1. The summed E-state index contributed by atoms with van der Waals surface area (Å²) in [4.78, 5) is 12.4. The topological polar surface area (TPSA) is 69.0 Å². The van der Waals surface area contributed by atoms with Gasteiger partial charge >= 0.3 is 0 Å². The van der Waals surface area contributed by atoms with Crippen LogP contribution in [0.25, 0.3) is 0 Å². The van der Waals surface area contributed by atoms with Gasteiger partial charge in [0.25, 0.3) is 0 Å². The molecule has 0 spiro atoms. The first-order valence-corrected chi connectivity index (χ1v) is 11.7. The molecule has 1 amide bonds. The van der Waals surface area contributed by atoms with Crippen LogP contribution in [0.1, 0.15) is 49.1 Å². The summed E-state index contributed by atoms with van der Waals surface area (Å²) >= 11 is 1.43. The number of carbonyl (C=O) groups is 1. The van der Waals surface area contributed by atoms with E-state index in [0.717, 1.165) is 35.4 Å². The Kier molecular flexibility index (Phi) is 6.61. The molecule has 0 saturated heterocycles. The Balaban J connectivity index is 1.35. The maximum absolute atomic E-state index is 12.4. The molecule has 1 fully saturated rings. The van der Waals surface area contributed by atoms with E-state index in [9.17, 15) is 4.79 Å². The van der Waals surface area contributed by atoms with E-state index in [-0.39, 0.29) is 11.7 Å².